The molecule has 0 bridgehead atoms. The Morgan fingerprint density at radius 3 is 3.00 bits per heavy atom. The highest BCUT2D eigenvalue weighted by Crippen LogP contribution is 2.36. The number of ether oxygens (including phenoxy) is 1. The van der Waals surface area contributed by atoms with E-state index in [0.717, 1.165) is 16.5 Å². The third kappa shape index (κ3) is 1.78. The van der Waals surface area contributed by atoms with Crippen molar-refractivity contribution in [1.82, 2.24) is 4.98 Å². The van der Waals surface area contributed by atoms with Crippen molar-refractivity contribution in [1.29, 1.82) is 0 Å². The van der Waals surface area contributed by atoms with E-state index in [2.05, 4.69) is 20.9 Å². The van der Waals surface area contributed by atoms with Crippen molar-refractivity contribution in [3.05, 3.63) is 30.0 Å². The first-order chi connectivity index (χ1) is 7.54. The smallest absolute Gasteiger partial charge is 0.294 e. The lowest BCUT2D eigenvalue weighted by molar-refractivity contribution is -0.134. The second-order valence-electron chi connectivity index (χ2n) is 3.64. The summed E-state index contributed by atoms with van der Waals surface area (Å²) in [6, 6.07) is 5.54. The zero-order valence-electron chi connectivity index (χ0n) is 8.66. The highest BCUT2D eigenvalue weighted by atomic mass is 79.9. The number of benzene rings is 1. The molecule has 0 saturated heterocycles. The Labute approximate surface area is 101 Å². The number of anilines is 1. The van der Waals surface area contributed by atoms with E-state index in [1.54, 1.807) is 13.1 Å². The molecule has 4 nitrogen and oxygen atoms in total. The molecule has 0 aliphatic heterocycles. The van der Waals surface area contributed by atoms with Crippen LogP contribution < -0.4 is 5.73 Å². The van der Waals surface area contributed by atoms with Crippen LogP contribution >= 0.6 is 15.9 Å². The van der Waals surface area contributed by atoms with E-state index in [4.69, 9.17) is 10.5 Å². The molecule has 0 spiro atoms. The number of fused-ring (bicyclic) bond motifs is 1. The minimum absolute atomic E-state index is 0.422. The number of carbonyl (C=O) groups is 1. The van der Waals surface area contributed by atoms with E-state index in [1.165, 1.54) is 0 Å². The number of hydrogen-bond donors (Lipinski definition) is 2. The maximum atomic E-state index is 10.4. The average molecular weight is 283 g/mol. The Bertz CT molecular complexity index is 534. The Morgan fingerprint density at radius 2 is 2.31 bits per heavy atom. The number of rotatable bonds is 3. The first-order valence-corrected chi connectivity index (χ1v) is 5.51. The summed E-state index contributed by atoms with van der Waals surface area (Å²) < 4.78 is 4.17. The van der Waals surface area contributed by atoms with E-state index in [1.807, 2.05) is 18.2 Å². The van der Waals surface area contributed by atoms with Gasteiger partial charge in [0.1, 0.15) is 0 Å². The Hall–Kier alpha value is -1.49. The summed E-state index contributed by atoms with van der Waals surface area (Å²) >= 11 is 3.36. The zero-order chi connectivity index (χ0) is 11.8. The van der Waals surface area contributed by atoms with Gasteiger partial charge in [0, 0.05) is 28.4 Å². The van der Waals surface area contributed by atoms with Crippen LogP contribution in [0.1, 0.15) is 12.5 Å². The molecule has 2 rings (SSSR count). The number of alkyl halides is 1. The van der Waals surface area contributed by atoms with Crippen LogP contribution in [0, 0.1) is 0 Å². The Balaban J connectivity index is 2.57. The summed E-state index contributed by atoms with van der Waals surface area (Å²) in [5.74, 6) is 0. The standard InChI is InChI=1S/C11H11BrN2O2/c1-11(12,16-6-15)9-5-14-10-4-7(13)2-3-8(9)10/h2-6,14H,13H2,1H3. The van der Waals surface area contributed by atoms with Crippen LogP contribution in [0.5, 0.6) is 0 Å². The number of nitrogen functional groups attached to an aromatic ring is 1. The molecular weight excluding hydrogens is 272 g/mol. The van der Waals surface area contributed by atoms with Gasteiger partial charge in [0.2, 0.25) is 0 Å². The normalized spacial score (nSPS) is 14.6. The number of hydrogen-bond acceptors (Lipinski definition) is 3. The summed E-state index contributed by atoms with van der Waals surface area (Å²) in [5, 5.41) is 0.968. The van der Waals surface area contributed by atoms with E-state index < -0.39 is 4.51 Å². The number of nitrogens with two attached hydrogens (primary N) is 1. The minimum Gasteiger partial charge on any atom is -0.445 e. The highest BCUT2D eigenvalue weighted by molar-refractivity contribution is 9.09. The topological polar surface area (TPSA) is 68.1 Å². The van der Waals surface area contributed by atoms with Crippen LogP contribution in [0.15, 0.2) is 24.4 Å². The van der Waals surface area contributed by atoms with Crippen LogP contribution in [0.25, 0.3) is 10.9 Å². The van der Waals surface area contributed by atoms with E-state index in [9.17, 15) is 4.79 Å². The molecule has 1 aromatic carbocycles. The number of carbonyl (C=O) groups excluding carboxylic acids is 1. The van der Waals surface area contributed by atoms with Gasteiger partial charge in [-0.2, -0.15) is 0 Å². The predicted octanol–water partition coefficient (Wildman–Crippen LogP) is 2.49. The van der Waals surface area contributed by atoms with Crippen molar-refractivity contribution in [3.63, 3.8) is 0 Å². The van der Waals surface area contributed by atoms with Gasteiger partial charge >= 0.3 is 0 Å². The van der Waals surface area contributed by atoms with Gasteiger partial charge in [-0.3, -0.25) is 4.79 Å². The number of nitrogens with one attached hydrogen (secondary N) is 1. The molecule has 0 saturated carbocycles. The van der Waals surface area contributed by atoms with Crippen LogP contribution in [0.2, 0.25) is 0 Å². The summed E-state index contributed by atoms with van der Waals surface area (Å²) in [4.78, 5) is 13.5. The van der Waals surface area contributed by atoms with Crippen LogP contribution in [0.4, 0.5) is 5.69 Å². The summed E-state index contributed by atoms with van der Waals surface area (Å²) in [7, 11) is 0. The van der Waals surface area contributed by atoms with Crippen molar-refractivity contribution in [2.75, 3.05) is 5.73 Å². The predicted molar refractivity (Wildman–Crippen MR) is 66.1 cm³/mol. The summed E-state index contributed by atoms with van der Waals surface area (Å²) in [6.07, 6.45) is 1.79. The van der Waals surface area contributed by atoms with E-state index in [0.29, 0.717) is 12.2 Å². The van der Waals surface area contributed by atoms with E-state index >= 15 is 0 Å². The molecule has 0 fully saturated rings. The van der Waals surface area contributed by atoms with Gasteiger partial charge in [-0.15, -0.1) is 0 Å². The summed E-state index contributed by atoms with van der Waals surface area (Å²) in [5.41, 5.74) is 8.14. The third-order valence-corrected chi connectivity index (χ3v) is 3.07. The Kier molecular flexibility index (Phi) is 2.63. The van der Waals surface area contributed by atoms with Crippen LogP contribution in [0.3, 0.4) is 0 Å². The Morgan fingerprint density at radius 1 is 1.56 bits per heavy atom. The van der Waals surface area contributed by atoms with Crippen molar-refractivity contribution < 1.29 is 9.53 Å². The molecule has 1 unspecified atom stereocenters. The van der Waals surface area contributed by atoms with Crippen LogP contribution in [-0.2, 0) is 14.0 Å². The first kappa shape index (κ1) is 11.0. The van der Waals surface area contributed by atoms with E-state index in [-0.39, 0.29) is 0 Å². The molecule has 84 valence electrons. The van der Waals surface area contributed by atoms with Gasteiger partial charge < -0.3 is 15.5 Å². The lowest BCUT2D eigenvalue weighted by atomic mass is 10.1. The molecule has 3 N–H and O–H groups in total. The molecule has 16 heavy (non-hydrogen) atoms. The van der Waals surface area contributed by atoms with Crippen molar-refractivity contribution in [3.8, 4) is 0 Å². The highest BCUT2D eigenvalue weighted by Gasteiger charge is 2.27. The molecule has 5 heteroatoms. The largest absolute Gasteiger partial charge is 0.445 e. The van der Waals surface area contributed by atoms with Crippen molar-refractivity contribution >= 4 is 39.0 Å². The molecule has 0 radical (unpaired) electrons. The molecular formula is C11H11BrN2O2. The second kappa shape index (κ2) is 3.83. The molecule has 0 aliphatic carbocycles. The maximum Gasteiger partial charge on any atom is 0.294 e. The van der Waals surface area contributed by atoms with Gasteiger partial charge in [-0.05, 0) is 35.0 Å². The zero-order valence-corrected chi connectivity index (χ0v) is 10.2. The number of halogens is 1. The first-order valence-electron chi connectivity index (χ1n) is 4.72. The number of H-pyrrole nitrogens is 1. The van der Waals surface area contributed by atoms with Gasteiger partial charge in [-0.1, -0.05) is 6.07 Å². The molecule has 1 aromatic heterocycles. The molecule has 1 heterocycles. The van der Waals surface area contributed by atoms with Gasteiger partial charge in [0.15, 0.2) is 4.51 Å². The fraction of sp³-hybridized carbons (Fsp3) is 0.182. The monoisotopic (exact) mass is 282 g/mol. The van der Waals surface area contributed by atoms with Crippen LogP contribution in [-0.4, -0.2) is 11.5 Å². The number of aromatic amines is 1. The molecule has 2 aromatic rings. The average Bonchev–Trinajstić information content (AvgIpc) is 2.60. The lowest BCUT2D eigenvalue weighted by Gasteiger charge is -2.19. The number of aromatic nitrogens is 1. The fourth-order valence-corrected chi connectivity index (χ4v) is 2.07. The maximum absolute atomic E-state index is 10.4. The molecule has 0 amide bonds. The second-order valence-corrected chi connectivity index (χ2v) is 5.15. The third-order valence-electron chi connectivity index (χ3n) is 2.46. The fourth-order valence-electron chi connectivity index (χ4n) is 1.67. The van der Waals surface area contributed by atoms with Crippen molar-refractivity contribution in [2.45, 2.75) is 11.4 Å². The van der Waals surface area contributed by atoms with Gasteiger partial charge in [-0.25, -0.2) is 0 Å². The van der Waals surface area contributed by atoms with Gasteiger partial charge in [0.25, 0.3) is 6.47 Å². The minimum atomic E-state index is -0.830. The molecule has 1 atom stereocenters. The summed E-state index contributed by atoms with van der Waals surface area (Å²) in [6.45, 7) is 2.19. The van der Waals surface area contributed by atoms with Gasteiger partial charge in [0.05, 0.1) is 0 Å². The molecule has 0 aliphatic rings. The lowest BCUT2D eigenvalue weighted by Crippen LogP contribution is -2.16. The quantitative estimate of drug-likeness (QED) is 0.516. The SMILES string of the molecule is CC(Br)(OC=O)c1c[nH]c2cc(N)ccc12. The van der Waals surface area contributed by atoms with Crippen molar-refractivity contribution in [2.24, 2.45) is 0 Å².